The summed E-state index contributed by atoms with van der Waals surface area (Å²) in [5, 5.41) is 6.89. The summed E-state index contributed by atoms with van der Waals surface area (Å²) in [4.78, 5) is 5.11. The second-order valence-corrected chi connectivity index (χ2v) is 15.3. The van der Waals surface area contributed by atoms with Gasteiger partial charge in [-0.05, 0) is 54.4 Å². The molecule has 0 saturated carbocycles. The van der Waals surface area contributed by atoms with E-state index < -0.39 is 17.6 Å². The van der Waals surface area contributed by atoms with E-state index in [-0.39, 0.29) is 0 Å². The van der Waals surface area contributed by atoms with E-state index in [1.54, 1.807) is 0 Å². The molecule has 35 heavy (non-hydrogen) atoms. The van der Waals surface area contributed by atoms with Crippen molar-refractivity contribution < 1.29 is 21.8 Å². The molecule has 2 saturated heterocycles. The Labute approximate surface area is 217 Å². The first kappa shape index (κ1) is 31.3. The van der Waals surface area contributed by atoms with Crippen molar-refractivity contribution in [3.05, 3.63) is 0 Å². The largest absolute Gasteiger partial charge is 0.493 e. The first-order valence-corrected chi connectivity index (χ1v) is 17.9. The fourth-order valence-electron chi connectivity index (χ4n) is 5.09. The smallest absolute Gasteiger partial charge is 0.374 e. The summed E-state index contributed by atoms with van der Waals surface area (Å²) in [7, 11) is -5.99. The average molecular weight is 535 g/mol. The van der Waals surface area contributed by atoms with Gasteiger partial charge in [-0.15, -0.1) is 0 Å². The standard InChI is InChI=1S/C24H54N4O5Si2/c1-7-29-34(30-8-2,21-11-23(5)27-17-13-25-14-18-27)33-35(31-9-3,32-10-4)22-12-24(6)28-19-15-26-16-20-28/h23-26H,7-22H2,1-6H3. The van der Waals surface area contributed by atoms with Gasteiger partial charge in [0.2, 0.25) is 0 Å². The molecule has 208 valence electrons. The van der Waals surface area contributed by atoms with Crippen LogP contribution in [0.1, 0.15) is 54.4 Å². The number of nitrogens with one attached hydrogen (secondary N) is 2. The van der Waals surface area contributed by atoms with Crippen molar-refractivity contribution in [3.63, 3.8) is 0 Å². The second-order valence-electron chi connectivity index (χ2n) is 9.55. The lowest BCUT2D eigenvalue weighted by atomic mass is 10.2. The van der Waals surface area contributed by atoms with E-state index in [0.717, 1.165) is 77.3 Å². The summed E-state index contributed by atoms with van der Waals surface area (Å²) in [6, 6.07) is 2.47. The van der Waals surface area contributed by atoms with Crippen molar-refractivity contribution in [3.8, 4) is 0 Å². The molecule has 0 aromatic heterocycles. The maximum Gasteiger partial charge on any atom is 0.493 e. The molecule has 0 bridgehead atoms. The van der Waals surface area contributed by atoms with E-state index >= 15 is 0 Å². The third-order valence-corrected chi connectivity index (χ3v) is 14.3. The van der Waals surface area contributed by atoms with Crippen LogP contribution in [0.5, 0.6) is 0 Å². The molecule has 0 radical (unpaired) electrons. The highest BCUT2D eigenvalue weighted by Crippen LogP contribution is 2.30. The Morgan fingerprint density at radius 1 is 0.600 bits per heavy atom. The summed E-state index contributed by atoms with van der Waals surface area (Å²) >= 11 is 0. The topological polar surface area (TPSA) is 76.7 Å². The molecule has 2 unspecified atom stereocenters. The lowest BCUT2D eigenvalue weighted by Gasteiger charge is -2.40. The second kappa shape index (κ2) is 16.8. The molecular formula is C24H54N4O5Si2. The summed E-state index contributed by atoms with van der Waals surface area (Å²) in [6.07, 6.45) is 1.96. The fourth-order valence-corrected chi connectivity index (χ4v) is 12.8. The zero-order valence-corrected chi connectivity index (χ0v) is 25.4. The summed E-state index contributed by atoms with van der Waals surface area (Å²) in [5.74, 6) is 0. The maximum atomic E-state index is 6.99. The molecule has 9 nitrogen and oxygen atoms in total. The minimum atomic E-state index is -3.00. The van der Waals surface area contributed by atoms with E-state index in [9.17, 15) is 0 Å². The average Bonchev–Trinajstić information content (AvgIpc) is 2.87. The van der Waals surface area contributed by atoms with Gasteiger partial charge in [-0.3, -0.25) is 9.80 Å². The Bertz CT molecular complexity index is 496. The normalized spacial score (nSPS) is 20.7. The molecule has 2 aliphatic heterocycles. The number of nitrogens with zero attached hydrogens (tertiary/aromatic N) is 2. The van der Waals surface area contributed by atoms with Crippen LogP contribution in [0.4, 0.5) is 0 Å². The van der Waals surface area contributed by atoms with E-state index in [4.69, 9.17) is 21.8 Å². The van der Waals surface area contributed by atoms with Gasteiger partial charge < -0.3 is 32.5 Å². The van der Waals surface area contributed by atoms with Gasteiger partial charge in [-0.25, -0.2) is 0 Å². The molecule has 0 spiro atoms. The number of hydrogen-bond acceptors (Lipinski definition) is 9. The summed E-state index contributed by atoms with van der Waals surface area (Å²) < 4.78 is 32.6. The van der Waals surface area contributed by atoms with E-state index in [1.807, 2.05) is 27.7 Å². The van der Waals surface area contributed by atoms with Crippen LogP contribution < -0.4 is 10.6 Å². The van der Waals surface area contributed by atoms with Crippen LogP contribution in [-0.2, 0) is 21.8 Å². The quantitative estimate of drug-likeness (QED) is 0.258. The van der Waals surface area contributed by atoms with Crippen LogP contribution in [0.3, 0.4) is 0 Å². The molecule has 2 fully saturated rings. The molecule has 2 heterocycles. The molecule has 2 N–H and O–H groups in total. The summed E-state index contributed by atoms with van der Waals surface area (Å²) in [5.41, 5.74) is 0. The Morgan fingerprint density at radius 3 is 1.20 bits per heavy atom. The van der Waals surface area contributed by atoms with Crippen molar-refractivity contribution in [1.82, 2.24) is 20.4 Å². The Hall–Kier alpha value is 0.0738. The Morgan fingerprint density at radius 2 is 0.914 bits per heavy atom. The lowest BCUT2D eigenvalue weighted by molar-refractivity contribution is 0.0456. The SMILES string of the molecule is CCO[Si](CCC(C)N1CCNCC1)(OCC)O[Si](CCC(C)N1CCNCC1)(OCC)OCC. The van der Waals surface area contributed by atoms with Gasteiger partial charge in [0.05, 0.1) is 0 Å². The third-order valence-electron chi connectivity index (χ3n) is 7.05. The number of hydrogen-bond donors (Lipinski definition) is 2. The van der Waals surface area contributed by atoms with Crippen LogP contribution in [0, 0.1) is 0 Å². The van der Waals surface area contributed by atoms with Crippen molar-refractivity contribution in [2.24, 2.45) is 0 Å². The molecule has 11 heteroatoms. The Kier molecular flexibility index (Phi) is 15.0. The highest BCUT2D eigenvalue weighted by molar-refractivity contribution is 6.75. The molecule has 2 rings (SSSR count). The molecule has 0 aromatic carbocycles. The van der Waals surface area contributed by atoms with Crippen LogP contribution in [0.15, 0.2) is 0 Å². The molecule has 0 amide bonds. The monoisotopic (exact) mass is 534 g/mol. The predicted octanol–water partition coefficient (Wildman–Crippen LogP) is 2.39. The fraction of sp³-hybridized carbons (Fsp3) is 1.00. The predicted molar refractivity (Wildman–Crippen MR) is 146 cm³/mol. The molecular weight excluding hydrogens is 480 g/mol. The highest BCUT2D eigenvalue weighted by Gasteiger charge is 2.53. The molecule has 2 atom stereocenters. The van der Waals surface area contributed by atoms with E-state index in [2.05, 4.69) is 34.3 Å². The number of rotatable bonds is 18. The van der Waals surface area contributed by atoms with E-state index in [0.29, 0.717) is 38.5 Å². The third kappa shape index (κ3) is 10.4. The highest BCUT2D eigenvalue weighted by atomic mass is 28.5. The first-order valence-electron chi connectivity index (χ1n) is 14.1. The Balaban J connectivity index is 2.15. The number of piperazine rings is 2. The van der Waals surface area contributed by atoms with Crippen LogP contribution >= 0.6 is 0 Å². The minimum absolute atomic E-state index is 0.455. The van der Waals surface area contributed by atoms with E-state index in [1.165, 1.54) is 0 Å². The minimum Gasteiger partial charge on any atom is -0.374 e. The van der Waals surface area contributed by atoms with Crippen molar-refractivity contribution in [1.29, 1.82) is 0 Å². The van der Waals surface area contributed by atoms with Gasteiger partial charge >= 0.3 is 17.6 Å². The van der Waals surface area contributed by atoms with Crippen molar-refractivity contribution in [2.45, 2.75) is 78.6 Å². The van der Waals surface area contributed by atoms with Gasteiger partial charge in [0, 0.05) is 103 Å². The molecule has 2 aliphatic rings. The van der Waals surface area contributed by atoms with Gasteiger partial charge in [-0.1, -0.05) is 0 Å². The van der Waals surface area contributed by atoms with Crippen LogP contribution in [-0.4, -0.2) is 118 Å². The molecule has 0 aromatic rings. The van der Waals surface area contributed by atoms with Crippen LogP contribution in [0.2, 0.25) is 12.1 Å². The summed E-state index contributed by atoms with van der Waals surface area (Å²) in [6.45, 7) is 23.5. The molecule has 0 aliphatic carbocycles. The van der Waals surface area contributed by atoms with Gasteiger partial charge in [-0.2, -0.15) is 0 Å². The van der Waals surface area contributed by atoms with Crippen molar-refractivity contribution >= 4 is 17.6 Å². The van der Waals surface area contributed by atoms with Crippen molar-refractivity contribution in [2.75, 3.05) is 78.8 Å². The van der Waals surface area contributed by atoms with Crippen LogP contribution in [0.25, 0.3) is 0 Å². The van der Waals surface area contributed by atoms with Gasteiger partial charge in [0.1, 0.15) is 0 Å². The van der Waals surface area contributed by atoms with Gasteiger partial charge in [0.25, 0.3) is 0 Å². The first-order chi connectivity index (χ1) is 16.9. The maximum absolute atomic E-state index is 6.99. The zero-order valence-electron chi connectivity index (χ0n) is 23.4. The lowest BCUT2D eigenvalue weighted by Crippen LogP contribution is -2.60. The zero-order chi connectivity index (χ0) is 25.6. The van der Waals surface area contributed by atoms with Gasteiger partial charge in [0.15, 0.2) is 0 Å².